The predicted molar refractivity (Wildman–Crippen MR) is 82.0 cm³/mol. The van der Waals surface area contributed by atoms with Gasteiger partial charge in [0.15, 0.2) is 0 Å². The number of halogens is 1. The Morgan fingerprint density at radius 1 is 1.16 bits per heavy atom. The van der Waals surface area contributed by atoms with Gasteiger partial charge in [-0.15, -0.1) is 5.06 Å². The van der Waals surface area contributed by atoms with Crippen LogP contribution < -0.4 is 5.63 Å². The van der Waals surface area contributed by atoms with Gasteiger partial charge in [-0.2, -0.15) is 0 Å². The molecule has 1 aromatic heterocycles. The number of benzene rings is 1. The van der Waals surface area contributed by atoms with Crippen molar-refractivity contribution >= 4 is 28.8 Å². The molecular formula is C16H14FNO7. The number of imide groups is 1. The summed E-state index contributed by atoms with van der Waals surface area (Å²) in [6.07, 6.45) is -0.210. The van der Waals surface area contributed by atoms with Crippen molar-refractivity contribution in [3.63, 3.8) is 0 Å². The molecule has 132 valence electrons. The fraction of sp³-hybridized carbons (Fsp3) is 0.250. The fourth-order valence-electron chi connectivity index (χ4n) is 2.09. The van der Waals surface area contributed by atoms with Crippen LogP contribution in [0.4, 0.5) is 4.39 Å². The number of phenols is 1. The van der Waals surface area contributed by atoms with Crippen LogP contribution in [0, 0.1) is 5.82 Å². The van der Waals surface area contributed by atoms with E-state index in [2.05, 4.69) is 4.84 Å². The third kappa shape index (κ3) is 3.49. The molecule has 0 aliphatic carbocycles. The highest BCUT2D eigenvalue weighted by Crippen LogP contribution is 2.23. The maximum atomic E-state index is 13.8. The van der Waals surface area contributed by atoms with Crippen molar-refractivity contribution in [2.24, 2.45) is 0 Å². The van der Waals surface area contributed by atoms with Gasteiger partial charge >= 0.3 is 11.6 Å². The third-order valence-electron chi connectivity index (χ3n) is 3.19. The second kappa shape index (κ2) is 7.12. The summed E-state index contributed by atoms with van der Waals surface area (Å²) >= 11 is 0. The molecule has 1 aromatic carbocycles. The average Bonchev–Trinajstić information content (AvgIpc) is 2.87. The predicted octanol–water partition coefficient (Wildman–Crippen LogP) is 1.88. The summed E-state index contributed by atoms with van der Waals surface area (Å²) in [6.45, 7) is 4.00. The molecule has 8 nitrogen and oxygen atoms in total. The van der Waals surface area contributed by atoms with E-state index < -0.39 is 40.5 Å². The van der Waals surface area contributed by atoms with Crippen LogP contribution in [0.3, 0.4) is 0 Å². The number of hydrogen-bond donors (Lipinski definition) is 1. The van der Waals surface area contributed by atoms with Gasteiger partial charge in [-0.25, -0.2) is 14.0 Å². The first kappa shape index (κ1) is 18.1. The molecule has 9 heteroatoms. The minimum atomic E-state index is -1.32. The van der Waals surface area contributed by atoms with Crippen LogP contribution in [0.1, 0.15) is 37.0 Å². The maximum Gasteiger partial charge on any atom is 0.371 e. The number of aromatic hydroxyl groups is 1. The lowest BCUT2D eigenvalue weighted by molar-refractivity contribution is -0.172. The summed E-state index contributed by atoms with van der Waals surface area (Å²) in [6, 6.07) is 2.64. The molecule has 0 spiro atoms. The molecule has 2 amide bonds. The van der Waals surface area contributed by atoms with Crippen molar-refractivity contribution in [1.29, 1.82) is 0 Å². The fourth-order valence-corrected chi connectivity index (χ4v) is 2.09. The van der Waals surface area contributed by atoms with Gasteiger partial charge in [-0.05, 0) is 6.07 Å². The maximum absolute atomic E-state index is 13.8. The van der Waals surface area contributed by atoms with E-state index in [9.17, 15) is 28.7 Å². The molecule has 1 saturated heterocycles. The second-order valence-corrected chi connectivity index (χ2v) is 4.75. The van der Waals surface area contributed by atoms with Crippen molar-refractivity contribution in [2.75, 3.05) is 0 Å². The van der Waals surface area contributed by atoms with Crippen molar-refractivity contribution < 1.29 is 33.1 Å². The smallest absolute Gasteiger partial charge is 0.371 e. The molecular weight excluding hydrogens is 337 g/mol. The average molecular weight is 351 g/mol. The Balaban J connectivity index is 0.00000109. The Morgan fingerprint density at radius 2 is 1.76 bits per heavy atom. The number of nitrogens with zero attached hydrogens (tertiary/aromatic N) is 1. The molecule has 0 saturated carbocycles. The van der Waals surface area contributed by atoms with E-state index in [-0.39, 0.29) is 28.9 Å². The van der Waals surface area contributed by atoms with E-state index in [1.165, 1.54) is 0 Å². The molecule has 2 heterocycles. The number of hydroxylamine groups is 2. The highest BCUT2D eigenvalue weighted by atomic mass is 19.1. The number of carbonyl (C=O) groups is 3. The molecule has 1 N–H and O–H groups in total. The largest absolute Gasteiger partial charge is 0.508 e. The van der Waals surface area contributed by atoms with E-state index in [1.54, 1.807) is 0 Å². The minimum Gasteiger partial charge on any atom is -0.508 e. The van der Waals surface area contributed by atoms with Gasteiger partial charge in [0.1, 0.15) is 22.7 Å². The molecule has 3 rings (SSSR count). The molecule has 0 unspecified atom stereocenters. The van der Waals surface area contributed by atoms with Gasteiger partial charge < -0.3 is 14.4 Å². The molecule has 0 radical (unpaired) electrons. The Labute approximate surface area is 140 Å². The summed E-state index contributed by atoms with van der Waals surface area (Å²) in [5.41, 5.74) is -2.11. The topological polar surface area (TPSA) is 114 Å². The molecule has 25 heavy (non-hydrogen) atoms. The summed E-state index contributed by atoms with van der Waals surface area (Å²) in [4.78, 5) is 51.0. The van der Waals surface area contributed by atoms with Crippen molar-refractivity contribution in [3.8, 4) is 5.75 Å². The first-order valence-electron chi connectivity index (χ1n) is 7.41. The van der Waals surface area contributed by atoms with Crippen LogP contribution >= 0.6 is 0 Å². The molecule has 1 aliphatic heterocycles. The standard InChI is InChI=1S/C14H8FNO7.C2H6/c15-9-3-6(17)4-10-7(9)5-8(13(20)22-10)14(21)23-16-11(18)1-2-12(16)19;1-2/h3-5,17H,1-2H2;1-2H3. The summed E-state index contributed by atoms with van der Waals surface area (Å²) in [5.74, 6) is -4.14. The van der Waals surface area contributed by atoms with Crippen LogP contribution in [0.15, 0.2) is 27.4 Å². The van der Waals surface area contributed by atoms with Crippen LogP contribution in [0.25, 0.3) is 11.0 Å². The number of hydrogen-bond acceptors (Lipinski definition) is 7. The van der Waals surface area contributed by atoms with Gasteiger partial charge in [0, 0.05) is 25.0 Å². The van der Waals surface area contributed by atoms with E-state index in [1.807, 2.05) is 13.8 Å². The Bertz CT molecular complexity index is 903. The summed E-state index contributed by atoms with van der Waals surface area (Å²) < 4.78 is 18.5. The van der Waals surface area contributed by atoms with Crippen LogP contribution in [0.2, 0.25) is 0 Å². The zero-order valence-corrected chi connectivity index (χ0v) is 13.4. The van der Waals surface area contributed by atoms with Crippen LogP contribution in [-0.4, -0.2) is 28.0 Å². The number of rotatable bonds is 2. The van der Waals surface area contributed by atoms with E-state index in [0.29, 0.717) is 0 Å². The Hall–Kier alpha value is -3.23. The molecule has 1 aliphatic rings. The van der Waals surface area contributed by atoms with Gasteiger partial charge in [-0.1, -0.05) is 13.8 Å². The van der Waals surface area contributed by atoms with E-state index in [0.717, 1.165) is 18.2 Å². The number of fused-ring (bicyclic) bond motifs is 1. The molecule has 0 atom stereocenters. The zero-order valence-electron chi connectivity index (χ0n) is 13.4. The van der Waals surface area contributed by atoms with Crippen molar-refractivity contribution in [2.45, 2.75) is 26.7 Å². The van der Waals surface area contributed by atoms with Crippen molar-refractivity contribution in [1.82, 2.24) is 5.06 Å². The second-order valence-electron chi connectivity index (χ2n) is 4.75. The summed E-state index contributed by atoms with van der Waals surface area (Å²) in [5, 5.41) is 9.27. The highest BCUT2D eigenvalue weighted by Gasteiger charge is 2.34. The van der Waals surface area contributed by atoms with Crippen LogP contribution in [-0.2, 0) is 14.4 Å². The Kier molecular flexibility index (Phi) is 5.16. The molecule has 0 bridgehead atoms. The first-order valence-corrected chi connectivity index (χ1v) is 7.41. The van der Waals surface area contributed by atoms with Gasteiger partial charge in [0.2, 0.25) is 0 Å². The van der Waals surface area contributed by atoms with E-state index in [4.69, 9.17) is 4.42 Å². The summed E-state index contributed by atoms with van der Waals surface area (Å²) in [7, 11) is 0. The molecule has 2 aromatic rings. The lowest BCUT2D eigenvalue weighted by Gasteiger charge is -2.12. The lowest BCUT2D eigenvalue weighted by atomic mass is 10.1. The minimum absolute atomic E-state index is 0.105. The quantitative estimate of drug-likeness (QED) is 0.649. The van der Waals surface area contributed by atoms with Gasteiger partial charge in [0.25, 0.3) is 11.8 Å². The highest BCUT2D eigenvalue weighted by molar-refractivity contribution is 6.03. The number of carbonyl (C=O) groups excluding carboxylic acids is 3. The van der Waals surface area contributed by atoms with Gasteiger partial charge in [-0.3, -0.25) is 9.59 Å². The monoisotopic (exact) mass is 351 g/mol. The lowest BCUT2D eigenvalue weighted by Crippen LogP contribution is -2.33. The van der Waals surface area contributed by atoms with Gasteiger partial charge in [0.05, 0.1) is 5.39 Å². The third-order valence-corrected chi connectivity index (χ3v) is 3.19. The van der Waals surface area contributed by atoms with E-state index >= 15 is 0 Å². The van der Waals surface area contributed by atoms with Crippen LogP contribution in [0.5, 0.6) is 5.75 Å². The SMILES string of the molecule is CC.O=C(ON1C(=O)CCC1=O)c1cc2c(F)cc(O)cc2oc1=O. The van der Waals surface area contributed by atoms with Crippen molar-refractivity contribution in [3.05, 3.63) is 40.0 Å². The zero-order chi connectivity index (χ0) is 18.7. The Morgan fingerprint density at radius 3 is 2.36 bits per heavy atom. The normalized spacial score (nSPS) is 13.6. The number of phenolic OH excluding ortho intramolecular Hbond substituents is 1. The first-order chi connectivity index (χ1) is 11.9. The number of amides is 2. The molecule has 1 fully saturated rings.